The van der Waals surface area contributed by atoms with Gasteiger partial charge in [-0.25, -0.2) is 8.42 Å². The number of nitrogens with one attached hydrogen (secondary N) is 1. The number of ether oxygens (including phenoxy) is 1. The molecule has 0 radical (unpaired) electrons. The van der Waals surface area contributed by atoms with Gasteiger partial charge in [-0.1, -0.05) is 36.4 Å². The fourth-order valence-electron chi connectivity index (χ4n) is 3.68. The van der Waals surface area contributed by atoms with Gasteiger partial charge in [0.2, 0.25) is 11.8 Å². The Morgan fingerprint density at radius 3 is 2.48 bits per heavy atom. The molecule has 3 aromatic rings. The second-order valence-electron chi connectivity index (χ2n) is 7.55. The number of anilines is 3. The van der Waals surface area contributed by atoms with Gasteiger partial charge in [-0.05, 0) is 48.9 Å². The molecule has 1 heterocycles. The summed E-state index contributed by atoms with van der Waals surface area (Å²) < 4.78 is 33.8. The quantitative estimate of drug-likeness (QED) is 0.603. The lowest BCUT2D eigenvalue weighted by molar-refractivity contribution is -0.121. The summed E-state index contributed by atoms with van der Waals surface area (Å²) in [6, 6.07) is 19.9. The molecule has 1 aliphatic heterocycles. The number of carbonyl (C=O) groups excluding carboxylic acids is 2. The first-order chi connectivity index (χ1) is 15.8. The molecule has 3 aromatic carbocycles. The molecule has 0 saturated carbocycles. The van der Waals surface area contributed by atoms with Gasteiger partial charge in [-0.3, -0.25) is 18.8 Å². The van der Waals surface area contributed by atoms with E-state index in [4.69, 9.17) is 4.74 Å². The molecule has 33 heavy (non-hydrogen) atoms. The number of fused-ring (bicyclic) bond motifs is 1. The zero-order chi connectivity index (χ0) is 23.6. The van der Waals surface area contributed by atoms with E-state index in [1.165, 1.54) is 24.1 Å². The lowest BCUT2D eigenvalue weighted by Gasteiger charge is -2.32. The van der Waals surface area contributed by atoms with Crippen molar-refractivity contribution in [3.8, 4) is 5.75 Å². The van der Waals surface area contributed by atoms with Crippen LogP contribution in [-0.2, 0) is 19.6 Å². The van der Waals surface area contributed by atoms with E-state index in [0.717, 1.165) is 9.87 Å². The van der Waals surface area contributed by atoms with Gasteiger partial charge in [0.15, 0.2) is 0 Å². The van der Waals surface area contributed by atoms with Crippen molar-refractivity contribution in [3.05, 3.63) is 78.4 Å². The Kier molecular flexibility index (Phi) is 6.06. The standard InChI is InChI=1S/C24H23N3O5S/c1-17-12-13-22(32-2)21(14-17)27(33(30,31)18-8-4-3-5-9-18)16-24(29)26-15-23(28)25-19-10-6-7-11-20(19)26/h3-14H,15-16H2,1-2H3,(H,25,28). The first kappa shape index (κ1) is 22.3. The van der Waals surface area contributed by atoms with Crippen molar-refractivity contribution in [1.82, 2.24) is 0 Å². The second kappa shape index (κ2) is 8.95. The number of hydrogen-bond acceptors (Lipinski definition) is 5. The van der Waals surface area contributed by atoms with Crippen LogP contribution < -0.4 is 19.3 Å². The van der Waals surface area contributed by atoms with E-state index in [-0.39, 0.29) is 23.0 Å². The van der Waals surface area contributed by atoms with E-state index in [0.29, 0.717) is 17.1 Å². The molecule has 0 aromatic heterocycles. The molecule has 0 unspecified atom stereocenters. The van der Waals surface area contributed by atoms with Gasteiger partial charge in [0.1, 0.15) is 18.8 Å². The maximum atomic E-state index is 13.7. The lowest BCUT2D eigenvalue weighted by atomic mass is 10.2. The summed E-state index contributed by atoms with van der Waals surface area (Å²) in [7, 11) is -2.68. The van der Waals surface area contributed by atoms with Crippen molar-refractivity contribution in [3.63, 3.8) is 0 Å². The SMILES string of the molecule is COc1ccc(C)cc1N(CC(=O)N1CC(=O)Nc2ccccc21)S(=O)(=O)c1ccccc1. The number of rotatable bonds is 6. The monoisotopic (exact) mass is 465 g/mol. The highest BCUT2D eigenvalue weighted by atomic mass is 32.2. The highest BCUT2D eigenvalue weighted by Gasteiger charge is 2.33. The molecule has 1 aliphatic rings. The summed E-state index contributed by atoms with van der Waals surface area (Å²) in [6.45, 7) is 1.10. The number of methoxy groups -OCH3 is 1. The first-order valence-corrected chi connectivity index (χ1v) is 11.7. The van der Waals surface area contributed by atoms with E-state index in [2.05, 4.69) is 5.32 Å². The van der Waals surface area contributed by atoms with E-state index >= 15 is 0 Å². The molecule has 0 spiro atoms. The van der Waals surface area contributed by atoms with Gasteiger partial charge in [0.05, 0.1) is 29.1 Å². The minimum Gasteiger partial charge on any atom is -0.495 e. The zero-order valence-corrected chi connectivity index (χ0v) is 19.0. The average molecular weight is 466 g/mol. The maximum Gasteiger partial charge on any atom is 0.264 e. The van der Waals surface area contributed by atoms with E-state index < -0.39 is 22.5 Å². The molecule has 0 aliphatic carbocycles. The van der Waals surface area contributed by atoms with Crippen LogP contribution in [-0.4, -0.2) is 40.4 Å². The van der Waals surface area contributed by atoms with E-state index in [1.54, 1.807) is 60.7 Å². The summed E-state index contributed by atoms with van der Waals surface area (Å²) in [4.78, 5) is 27.0. The van der Waals surface area contributed by atoms with Crippen molar-refractivity contribution < 1.29 is 22.7 Å². The van der Waals surface area contributed by atoms with Crippen molar-refractivity contribution in [2.24, 2.45) is 0 Å². The van der Waals surface area contributed by atoms with E-state index in [1.807, 2.05) is 6.92 Å². The largest absolute Gasteiger partial charge is 0.495 e. The molecule has 9 heteroatoms. The maximum absolute atomic E-state index is 13.7. The number of benzene rings is 3. The third-order valence-corrected chi connectivity index (χ3v) is 7.06. The fourth-order valence-corrected chi connectivity index (χ4v) is 5.12. The molecule has 0 bridgehead atoms. The number of para-hydroxylation sites is 2. The third kappa shape index (κ3) is 4.40. The second-order valence-corrected chi connectivity index (χ2v) is 9.41. The third-order valence-electron chi connectivity index (χ3n) is 5.28. The van der Waals surface area contributed by atoms with Crippen LogP contribution in [0.3, 0.4) is 0 Å². The lowest BCUT2D eigenvalue weighted by Crippen LogP contribution is -2.48. The van der Waals surface area contributed by atoms with Gasteiger partial charge >= 0.3 is 0 Å². The van der Waals surface area contributed by atoms with Crippen LogP contribution in [0, 0.1) is 6.92 Å². The molecular formula is C24H23N3O5S. The number of nitrogens with zero attached hydrogens (tertiary/aromatic N) is 2. The number of carbonyl (C=O) groups is 2. The molecule has 170 valence electrons. The Balaban J connectivity index is 1.79. The Labute approximate surface area is 192 Å². The summed E-state index contributed by atoms with van der Waals surface area (Å²) in [6.07, 6.45) is 0. The summed E-state index contributed by atoms with van der Waals surface area (Å²) in [5, 5.41) is 2.73. The number of aryl methyl sites for hydroxylation is 1. The molecule has 0 atom stereocenters. The highest BCUT2D eigenvalue weighted by molar-refractivity contribution is 7.92. The Morgan fingerprint density at radius 1 is 1.06 bits per heavy atom. The molecule has 4 rings (SSSR count). The van der Waals surface area contributed by atoms with Crippen LogP contribution in [0.4, 0.5) is 17.1 Å². The minimum absolute atomic E-state index is 0.0400. The van der Waals surface area contributed by atoms with Crippen LogP contribution in [0.2, 0.25) is 0 Å². The minimum atomic E-state index is -4.12. The predicted octanol–water partition coefficient (Wildman–Crippen LogP) is 3.18. The predicted molar refractivity (Wildman–Crippen MR) is 126 cm³/mol. The number of hydrogen-bond donors (Lipinski definition) is 1. The smallest absolute Gasteiger partial charge is 0.264 e. The Bertz CT molecular complexity index is 1310. The zero-order valence-electron chi connectivity index (χ0n) is 18.2. The van der Waals surface area contributed by atoms with Crippen molar-refractivity contribution in [2.75, 3.05) is 34.7 Å². The molecule has 0 saturated heterocycles. The van der Waals surface area contributed by atoms with Crippen LogP contribution in [0.5, 0.6) is 5.75 Å². The van der Waals surface area contributed by atoms with Gasteiger partial charge in [0.25, 0.3) is 10.0 Å². The van der Waals surface area contributed by atoms with Gasteiger partial charge in [-0.2, -0.15) is 0 Å². The van der Waals surface area contributed by atoms with Crippen LogP contribution in [0.25, 0.3) is 0 Å². The number of amides is 2. The molecule has 2 amide bonds. The summed E-state index contributed by atoms with van der Waals surface area (Å²) in [5.41, 5.74) is 2.04. The summed E-state index contributed by atoms with van der Waals surface area (Å²) >= 11 is 0. The highest BCUT2D eigenvalue weighted by Crippen LogP contribution is 2.34. The molecule has 8 nitrogen and oxygen atoms in total. The molecule has 0 fully saturated rings. The van der Waals surface area contributed by atoms with Gasteiger partial charge in [-0.15, -0.1) is 0 Å². The van der Waals surface area contributed by atoms with E-state index in [9.17, 15) is 18.0 Å². The first-order valence-electron chi connectivity index (χ1n) is 10.2. The van der Waals surface area contributed by atoms with Gasteiger partial charge in [0, 0.05) is 0 Å². The van der Waals surface area contributed by atoms with Crippen LogP contribution in [0.1, 0.15) is 5.56 Å². The van der Waals surface area contributed by atoms with Crippen LogP contribution in [0.15, 0.2) is 77.7 Å². The fraction of sp³-hybridized carbons (Fsp3) is 0.167. The topological polar surface area (TPSA) is 96.0 Å². The molecule has 1 N–H and O–H groups in total. The van der Waals surface area contributed by atoms with Gasteiger partial charge < -0.3 is 10.1 Å². The molecular weight excluding hydrogens is 442 g/mol. The average Bonchev–Trinajstić information content (AvgIpc) is 2.82. The van der Waals surface area contributed by atoms with Crippen molar-refractivity contribution in [1.29, 1.82) is 0 Å². The Hall–Kier alpha value is -3.85. The van der Waals surface area contributed by atoms with Crippen LogP contribution >= 0.6 is 0 Å². The number of sulfonamides is 1. The van der Waals surface area contributed by atoms with Crippen molar-refractivity contribution >= 4 is 38.9 Å². The summed E-state index contributed by atoms with van der Waals surface area (Å²) in [5.74, 6) is -0.585. The Morgan fingerprint density at radius 2 is 1.76 bits per heavy atom. The van der Waals surface area contributed by atoms with Crippen molar-refractivity contribution in [2.45, 2.75) is 11.8 Å². The normalized spacial score (nSPS) is 13.2.